The molecule has 0 aliphatic carbocycles. The van der Waals surface area contributed by atoms with Gasteiger partial charge in [0.2, 0.25) is 11.8 Å². The van der Waals surface area contributed by atoms with Crippen molar-refractivity contribution in [1.82, 2.24) is 9.80 Å². The molecule has 0 saturated carbocycles. The minimum atomic E-state index is -0.471. The number of hydrogen-bond donors (Lipinski definition) is 0. The van der Waals surface area contributed by atoms with Crippen molar-refractivity contribution < 1.29 is 23.9 Å². The summed E-state index contributed by atoms with van der Waals surface area (Å²) in [7, 11) is 0. The van der Waals surface area contributed by atoms with Crippen LogP contribution in [0, 0.1) is 0 Å². The van der Waals surface area contributed by atoms with Gasteiger partial charge in [0.1, 0.15) is 6.54 Å². The summed E-state index contributed by atoms with van der Waals surface area (Å²) in [6, 6.07) is 7.07. The maximum absolute atomic E-state index is 12.9. The Kier molecular flexibility index (Phi) is 6.92. The molecule has 2 amide bonds. The predicted molar refractivity (Wildman–Crippen MR) is 107 cm³/mol. The second-order valence-electron chi connectivity index (χ2n) is 7.00. The lowest BCUT2D eigenvalue weighted by molar-refractivity contribution is -0.144. The monoisotopic (exact) mass is 420 g/mol. The smallest absolute Gasteiger partial charge is 0.336 e. The number of amides is 2. The Labute approximate surface area is 175 Å². The zero-order valence-electron chi connectivity index (χ0n) is 16.7. The third kappa shape index (κ3) is 4.79. The summed E-state index contributed by atoms with van der Waals surface area (Å²) >= 11 is 5.98. The van der Waals surface area contributed by atoms with Crippen LogP contribution < -0.4 is 0 Å². The average molecular weight is 421 g/mol. The standard InChI is InChI=1S/C21H25ClN2O5/c1-3-29-21(27)20-14(2)24(13-19(26)23-8-10-28-11-9-23)18(25)12-17(20)15-4-6-16(22)7-5-15/h4-7,17H,3,8-13H2,1-2H3/t17-/m1/s1. The lowest BCUT2D eigenvalue weighted by Crippen LogP contribution is -2.48. The summed E-state index contributed by atoms with van der Waals surface area (Å²) in [5, 5.41) is 0.576. The summed E-state index contributed by atoms with van der Waals surface area (Å²) in [4.78, 5) is 41.4. The number of carbonyl (C=O) groups excluding carboxylic acids is 3. The molecule has 1 aromatic carbocycles. The molecule has 7 nitrogen and oxygen atoms in total. The SMILES string of the molecule is CCOC(=O)C1=C(C)N(CC(=O)N2CCOCC2)C(=O)C[C@@H]1c1ccc(Cl)cc1. The summed E-state index contributed by atoms with van der Waals surface area (Å²) in [5.41, 5.74) is 1.68. The molecule has 2 heterocycles. The van der Waals surface area contributed by atoms with Gasteiger partial charge in [0.15, 0.2) is 0 Å². The topological polar surface area (TPSA) is 76.2 Å². The van der Waals surface area contributed by atoms with E-state index < -0.39 is 11.9 Å². The van der Waals surface area contributed by atoms with Crippen LogP contribution in [0.15, 0.2) is 35.5 Å². The van der Waals surface area contributed by atoms with Crippen molar-refractivity contribution in [3.05, 3.63) is 46.1 Å². The summed E-state index contributed by atoms with van der Waals surface area (Å²) in [6.45, 7) is 5.54. The molecule has 0 N–H and O–H groups in total. The first kappa shape index (κ1) is 21.3. The van der Waals surface area contributed by atoms with Crippen LogP contribution in [0.1, 0.15) is 31.7 Å². The number of benzene rings is 1. The van der Waals surface area contributed by atoms with Gasteiger partial charge in [0, 0.05) is 36.1 Å². The molecule has 1 saturated heterocycles. The lowest BCUT2D eigenvalue weighted by Gasteiger charge is -2.36. The molecular weight excluding hydrogens is 396 g/mol. The van der Waals surface area contributed by atoms with Gasteiger partial charge in [-0.05, 0) is 31.5 Å². The molecule has 1 aromatic rings. The number of esters is 1. The molecular formula is C21H25ClN2O5. The van der Waals surface area contributed by atoms with Gasteiger partial charge in [0.25, 0.3) is 0 Å². The van der Waals surface area contributed by atoms with E-state index in [4.69, 9.17) is 21.1 Å². The quantitative estimate of drug-likeness (QED) is 0.683. The number of morpholine rings is 1. The zero-order chi connectivity index (χ0) is 21.0. The van der Waals surface area contributed by atoms with E-state index in [0.717, 1.165) is 5.56 Å². The number of carbonyl (C=O) groups is 3. The Morgan fingerprint density at radius 2 is 1.86 bits per heavy atom. The highest BCUT2D eigenvalue weighted by atomic mass is 35.5. The van der Waals surface area contributed by atoms with Crippen molar-refractivity contribution >= 4 is 29.4 Å². The van der Waals surface area contributed by atoms with Crippen LogP contribution in [0.5, 0.6) is 0 Å². The van der Waals surface area contributed by atoms with E-state index in [1.807, 2.05) is 0 Å². The lowest BCUT2D eigenvalue weighted by atomic mass is 9.83. The van der Waals surface area contributed by atoms with E-state index in [2.05, 4.69) is 0 Å². The largest absolute Gasteiger partial charge is 0.463 e. The van der Waals surface area contributed by atoms with E-state index in [1.54, 1.807) is 43.0 Å². The van der Waals surface area contributed by atoms with Crippen LogP contribution in [0.4, 0.5) is 0 Å². The fourth-order valence-corrected chi connectivity index (χ4v) is 3.83. The Morgan fingerprint density at radius 1 is 1.21 bits per heavy atom. The zero-order valence-corrected chi connectivity index (χ0v) is 17.4. The normalized spacial score (nSPS) is 20.1. The second-order valence-corrected chi connectivity index (χ2v) is 7.44. The molecule has 2 aliphatic rings. The van der Waals surface area contributed by atoms with Crippen LogP contribution in [-0.4, -0.2) is 67.0 Å². The molecule has 8 heteroatoms. The fourth-order valence-electron chi connectivity index (χ4n) is 3.70. The number of hydrogen-bond acceptors (Lipinski definition) is 5. The summed E-state index contributed by atoms with van der Waals surface area (Å²) in [5.74, 6) is -1.26. The first-order chi connectivity index (χ1) is 13.9. The molecule has 1 fully saturated rings. The highest BCUT2D eigenvalue weighted by Crippen LogP contribution is 2.37. The van der Waals surface area contributed by atoms with Crippen molar-refractivity contribution in [2.45, 2.75) is 26.2 Å². The number of nitrogens with zero attached hydrogens (tertiary/aromatic N) is 2. The number of rotatable bonds is 5. The molecule has 2 aliphatic heterocycles. The molecule has 29 heavy (non-hydrogen) atoms. The van der Waals surface area contributed by atoms with Crippen molar-refractivity contribution in [3.8, 4) is 0 Å². The van der Waals surface area contributed by atoms with Crippen molar-refractivity contribution in [2.24, 2.45) is 0 Å². The number of ether oxygens (including phenoxy) is 2. The third-order valence-corrected chi connectivity index (χ3v) is 5.50. The van der Waals surface area contributed by atoms with Gasteiger partial charge in [-0.25, -0.2) is 4.79 Å². The summed E-state index contributed by atoms with van der Waals surface area (Å²) < 4.78 is 10.5. The fraction of sp³-hybridized carbons (Fsp3) is 0.476. The van der Waals surface area contributed by atoms with E-state index in [9.17, 15) is 14.4 Å². The number of allylic oxidation sites excluding steroid dienone is 1. The Bertz CT molecular complexity index is 815. The average Bonchev–Trinajstić information content (AvgIpc) is 2.72. The van der Waals surface area contributed by atoms with Crippen molar-refractivity contribution in [3.63, 3.8) is 0 Å². The van der Waals surface area contributed by atoms with Crippen LogP contribution in [0.2, 0.25) is 5.02 Å². The van der Waals surface area contributed by atoms with E-state index in [-0.39, 0.29) is 31.4 Å². The molecule has 0 aromatic heterocycles. The minimum Gasteiger partial charge on any atom is -0.463 e. The van der Waals surface area contributed by atoms with Crippen molar-refractivity contribution in [1.29, 1.82) is 0 Å². The molecule has 3 rings (SSSR count). The molecule has 0 bridgehead atoms. The Balaban J connectivity index is 1.91. The third-order valence-electron chi connectivity index (χ3n) is 5.25. The maximum Gasteiger partial charge on any atom is 0.336 e. The van der Waals surface area contributed by atoms with Gasteiger partial charge in [0.05, 0.1) is 25.4 Å². The van der Waals surface area contributed by atoms with Gasteiger partial charge in [-0.3, -0.25) is 9.59 Å². The molecule has 0 radical (unpaired) electrons. The minimum absolute atomic E-state index is 0.0868. The predicted octanol–water partition coefficient (Wildman–Crippen LogP) is 2.35. The Hall–Kier alpha value is -2.38. The Morgan fingerprint density at radius 3 is 2.48 bits per heavy atom. The van der Waals surface area contributed by atoms with Crippen LogP contribution in [0.25, 0.3) is 0 Å². The van der Waals surface area contributed by atoms with Crippen molar-refractivity contribution in [2.75, 3.05) is 39.5 Å². The van der Waals surface area contributed by atoms with Gasteiger partial charge in [-0.2, -0.15) is 0 Å². The molecule has 156 valence electrons. The summed E-state index contributed by atoms with van der Waals surface area (Å²) in [6.07, 6.45) is 0.0868. The number of halogens is 1. The highest BCUT2D eigenvalue weighted by molar-refractivity contribution is 6.30. The van der Waals surface area contributed by atoms with E-state index >= 15 is 0 Å². The molecule has 0 spiro atoms. The van der Waals surface area contributed by atoms with E-state index in [1.165, 1.54) is 4.90 Å². The van der Waals surface area contributed by atoms with Gasteiger partial charge in [-0.1, -0.05) is 23.7 Å². The van der Waals surface area contributed by atoms with Crippen LogP contribution in [0.3, 0.4) is 0 Å². The maximum atomic E-state index is 12.9. The molecule has 1 atom stereocenters. The van der Waals surface area contributed by atoms with Crippen LogP contribution in [-0.2, 0) is 23.9 Å². The van der Waals surface area contributed by atoms with Crippen LogP contribution >= 0.6 is 11.6 Å². The van der Waals surface area contributed by atoms with Gasteiger partial charge < -0.3 is 19.3 Å². The van der Waals surface area contributed by atoms with Gasteiger partial charge in [-0.15, -0.1) is 0 Å². The first-order valence-corrected chi connectivity index (χ1v) is 10.1. The van der Waals surface area contributed by atoms with Gasteiger partial charge >= 0.3 is 5.97 Å². The second kappa shape index (κ2) is 9.41. The molecule has 0 unspecified atom stereocenters. The van der Waals surface area contributed by atoms with E-state index in [0.29, 0.717) is 42.6 Å². The highest BCUT2D eigenvalue weighted by Gasteiger charge is 2.38. The first-order valence-electron chi connectivity index (χ1n) is 9.71.